The standard InChI is InChI=1S/C16H18INOS/c1-2-10-16(15(17)18-12-19,14-9-6-11-20-14)13-7-4-3-5-8-13/h3-9,11-12,15H,2,10H2,1H3,(H,18,19). The van der Waals surface area contributed by atoms with Gasteiger partial charge in [-0.3, -0.25) is 4.79 Å². The lowest BCUT2D eigenvalue weighted by molar-refractivity contribution is -0.109. The number of thiophene rings is 1. The maximum absolute atomic E-state index is 11.0. The van der Waals surface area contributed by atoms with Gasteiger partial charge in [-0.15, -0.1) is 11.3 Å². The lowest BCUT2D eigenvalue weighted by Gasteiger charge is -2.37. The smallest absolute Gasteiger partial charge is 0.207 e. The van der Waals surface area contributed by atoms with Crippen LogP contribution in [-0.2, 0) is 10.2 Å². The first-order valence-electron chi connectivity index (χ1n) is 6.69. The van der Waals surface area contributed by atoms with Gasteiger partial charge >= 0.3 is 0 Å². The molecule has 0 saturated carbocycles. The van der Waals surface area contributed by atoms with E-state index < -0.39 is 0 Å². The molecule has 2 rings (SSSR count). The Balaban J connectivity index is 2.58. The van der Waals surface area contributed by atoms with E-state index in [0.717, 1.165) is 19.3 Å². The number of carbonyl (C=O) groups is 1. The second-order valence-electron chi connectivity index (χ2n) is 4.71. The van der Waals surface area contributed by atoms with Crippen LogP contribution >= 0.6 is 33.9 Å². The molecule has 1 amide bonds. The van der Waals surface area contributed by atoms with E-state index in [1.807, 2.05) is 6.07 Å². The predicted molar refractivity (Wildman–Crippen MR) is 93.5 cm³/mol. The number of alkyl halides is 1. The van der Waals surface area contributed by atoms with Crippen molar-refractivity contribution in [2.75, 3.05) is 0 Å². The zero-order valence-corrected chi connectivity index (χ0v) is 14.4. The number of rotatable bonds is 7. The fraction of sp³-hybridized carbons (Fsp3) is 0.312. The summed E-state index contributed by atoms with van der Waals surface area (Å²) in [5.41, 5.74) is 1.10. The van der Waals surface area contributed by atoms with E-state index in [-0.39, 0.29) is 9.46 Å². The number of amides is 1. The molecular formula is C16H18INOS. The summed E-state index contributed by atoms with van der Waals surface area (Å²) in [7, 11) is 0. The van der Waals surface area contributed by atoms with Gasteiger partial charge < -0.3 is 5.32 Å². The van der Waals surface area contributed by atoms with E-state index in [0.29, 0.717) is 0 Å². The Kier molecular flexibility index (Phi) is 5.60. The van der Waals surface area contributed by atoms with Crippen molar-refractivity contribution in [3.63, 3.8) is 0 Å². The Hall–Kier alpha value is -0.880. The fourth-order valence-electron chi connectivity index (χ4n) is 2.67. The number of carbonyl (C=O) groups excluding carboxylic acids is 1. The second-order valence-corrected chi connectivity index (χ2v) is 6.91. The predicted octanol–water partition coefficient (Wildman–Crippen LogP) is 4.34. The van der Waals surface area contributed by atoms with E-state index in [2.05, 4.69) is 76.6 Å². The van der Waals surface area contributed by atoms with Crippen LogP contribution in [0.5, 0.6) is 0 Å². The van der Waals surface area contributed by atoms with Gasteiger partial charge in [-0.25, -0.2) is 0 Å². The number of benzene rings is 1. The van der Waals surface area contributed by atoms with Gasteiger partial charge in [0.15, 0.2) is 0 Å². The van der Waals surface area contributed by atoms with Gasteiger partial charge in [0.25, 0.3) is 0 Å². The first kappa shape index (κ1) is 15.5. The molecule has 1 aromatic heterocycles. The summed E-state index contributed by atoms with van der Waals surface area (Å²) in [5, 5.41) is 5.07. The van der Waals surface area contributed by atoms with Crippen molar-refractivity contribution < 1.29 is 4.79 Å². The average molecular weight is 399 g/mol. The van der Waals surface area contributed by atoms with Crippen LogP contribution < -0.4 is 5.32 Å². The molecule has 2 unspecified atom stereocenters. The summed E-state index contributed by atoms with van der Waals surface area (Å²) in [6.07, 6.45) is 2.87. The molecule has 4 heteroatoms. The first-order chi connectivity index (χ1) is 9.75. The maximum Gasteiger partial charge on any atom is 0.207 e. The van der Waals surface area contributed by atoms with Crippen molar-refractivity contribution in [3.8, 4) is 0 Å². The third-order valence-electron chi connectivity index (χ3n) is 3.54. The monoisotopic (exact) mass is 399 g/mol. The van der Waals surface area contributed by atoms with Crippen LogP contribution in [0.4, 0.5) is 0 Å². The molecule has 0 aliphatic rings. The van der Waals surface area contributed by atoms with E-state index in [1.165, 1.54) is 10.4 Å². The van der Waals surface area contributed by atoms with Crippen LogP contribution in [0.15, 0.2) is 47.8 Å². The minimum Gasteiger partial charge on any atom is -0.346 e. The van der Waals surface area contributed by atoms with Crippen molar-refractivity contribution in [3.05, 3.63) is 58.3 Å². The lowest BCUT2D eigenvalue weighted by Crippen LogP contribution is -2.44. The Morgan fingerprint density at radius 3 is 2.60 bits per heavy atom. The molecule has 0 fully saturated rings. The molecule has 0 saturated heterocycles. The molecule has 2 atom stereocenters. The maximum atomic E-state index is 11.0. The van der Waals surface area contributed by atoms with Gasteiger partial charge in [-0.2, -0.15) is 0 Å². The molecule has 0 radical (unpaired) electrons. The molecule has 0 spiro atoms. The number of halogens is 1. The zero-order chi connectivity index (χ0) is 14.4. The van der Waals surface area contributed by atoms with Crippen LogP contribution in [0.3, 0.4) is 0 Å². The Morgan fingerprint density at radius 2 is 2.05 bits per heavy atom. The van der Waals surface area contributed by atoms with Crippen LogP contribution in [0, 0.1) is 0 Å². The summed E-state index contributed by atoms with van der Waals surface area (Å²) >= 11 is 4.11. The van der Waals surface area contributed by atoms with Gasteiger partial charge in [-0.05, 0) is 23.4 Å². The lowest BCUT2D eigenvalue weighted by atomic mass is 9.75. The minimum atomic E-state index is -0.161. The van der Waals surface area contributed by atoms with Gasteiger partial charge in [0.2, 0.25) is 6.41 Å². The molecule has 2 aromatic rings. The summed E-state index contributed by atoms with van der Waals surface area (Å²) in [5.74, 6) is 0. The van der Waals surface area contributed by atoms with Crippen LogP contribution in [-0.4, -0.2) is 10.5 Å². The fourth-order valence-corrected chi connectivity index (χ4v) is 5.05. The Labute approximate surface area is 137 Å². The van der Waals surface area contributed by atoms with Crippen molar-refractivity contribution >= 4 is 40.3 Å². The molecule has 106 valence electrons. The summed E-state index contributed by atoms with van der Waals surface area (Å²) in [4.78, 5) is 12.3. The van der Waals surface area contributed by atoms with Crippen molar-refractivity contribution in [1.29, 1.82) is 0 Å². The number of hydrogen-bond donors (Lipinski definition) is 1. The molecule has 1 heterocycles. The van der Waals surface area contributed by atoms with Crippen molar-refractivity contribution in [2.45, 2.75) is 29.2 Å². The Bertz CT molecular complexity index is 529. The molecule has 0 aliphatic heterocycles. The van der Waals surface area contributed by atoms with Gasteiger partial charge in [0.05, 0.1) is 9.46 Å². The highest BCUT2D eigenvalue weighted by atomic mass is 127. The van der Waals surface area contributed by atoms with E-state index in [9.17, 15) is 4.79 Å². The van der Waals surface area contributed by atoms with Crippen molar-refractivity contribution in [2.24, 2.45) is 0 Å². The molecule has 1 N–H and O–H groups in total. The highest BCUT2D eigenvalue weighted by Gasteiger charge is 2.40. The van der Waals surface area contributed by atoms with E-state index in [4.69, 9.17) is 0 Å². The summed E-state index contributed by atoms with van der Waals surface area (Å²) < 4.78 is 0.0265. The van der Waals surface area contributed by atoms with Crippen LogP contribution in [0.25, 0.3) is 0 Å². The number of hydrogen-bond acceptors (Lipinski definition) is 2. The molecule has 0 aliphatic carbocycles. The SMILES string of the molecule is CCCC(c1ccccc1)(c1cccs1)C(I)NC=O. The molecule has 1 aromatic carbocycles. The molecule has 0 bridgehead atoms. The highest BCUT2D eigenvalue weighted by Crippen LogP contribution is 2.44. The quantitative estimate of drug-likeness (QED) is 0.319. The van der Waals surface area contributed by atoms with E-state index in [1.54, 1.807) is 11.3 Å². The second kappa shape index (κ2) is 7.22. The molecule has 2 nitrogen and oxygen atoms in total. The zero-order valence-electron chi connectivity index (χ0n) is 11.4. The summed E-state index contributed by atoms with van der Waals surface area (Å²) in [6, 6.07) is 14.7. The van der Waals surface area contributed by atoms with Gasteiger partial charge in [0, 0.05) is 4.88 Å². The van der Waals surface area contributed by atoms with E-state index >= 15 is 0 Å². The third kappa shape index (κ3) is 2.91. The summed E-state index contributed by atoms with van der Waals surface area (Å²) in [6.45, 7) is 2.19. The van der Waals surface area contributed by atoms with Crippen LogP contribution in [0.1, 0.15) is 30.2 Å². The van der Waals surface area contributed by atoms with Crippen LogP contribution in [0.2, 0.25) is 0 Å². The normalized spacial score (nSPS) is 15.3. The largest absolute Gasteiger partial charge is 0.346 e. The Morgan fingerprint density at radius 1 is 1.30 bits per heavy atom. The molecular weight excluding hydrogens is 381 g/mol. The average Bonchev–Trinajstić information content (AvgIpc) is 3.00. The third-order valence-corrected chi connectivity index (χ3v) is 6.01. The van der Waals surface area contributed by atoms with Crippen molar-refractivity contribution in [1.82, 2.24) is 5.32 Å². The van der Waals surface area contributed by atoms with Gasteiger partial charge in [-0.1, -0.05) is 72.3 Å². The molecule has 20 heavy (non-hydrogen) atoms. The topological polar surface area (TPSA) is 29.1 Å². The number of nitrogens with one attached hydrogen (secondary N) is 1. The highest BCUT2D eigenvalue weighted by molar-refractivity contribution is 14.1. The first-order valence-corrected chi connectivity index (χ1v) is 8.81. The minimum absolute atomic E-state index is 0.0265. The van der Waals surface area contributed by atoms with Gasteiger partial charge in [0.1, 0.15) is 0 Å².